The van der Waals surface area contributed by atoms with Crippen molar-refractivity contribution in [1.82, 2.24) is 14.8 Å². The number of ether oxygens (including phenoxy) is 1. The van der Waals surface area contributed by atoms with Gasteiger partial charge in [-0.05, 0) is 68.3 Å². The van der Waals surface area contributed by atoms with E-state index in [-0.39, 0.29) is 30.7 Å². The highest BCUT2D eigenvalue weighted by Gasteiger charge is 2.38. The summed E-state index contributed by atoms with van der Waals surface area (Å²) >= 11 is 0. The maximum atomic E-state index is 12.7. The van der Waals surface area contributed by atoms with Gasteiger partial charge in [0.15, 0.2) is 0 Å². The lowest BCUT2D eigenvalue weighted by Gasteiger charge is -2.47. The zero-order valence-corrected chi connectivity index (χ0v) is 21.4. The minimum atomic E-state index is 0. The van der Waals surface area contributed by atoms with Gasteiger partial charge in [-0.25, -0.2) is 0 Å². The average molecular weight is 495 g/mol. The number of halogens is 2. The lowest BCUT2D eigenvalue weighted by Crippen LogP contribution is -2.48. The van der Waals surface area contributed by atoms with Gasteiger partial charge in [0.1, 0.15) is 5.75 Å². The van der Waals surface area contributed by atoms with Gasteiger partial charge in [0.2, 0.25) is 0 Å². The van der Waals surface area contributed by atoms with E-state index in [0.717, 1.165) is 63.5 Å². The first kappa shape index (κ1) is 27.4. The Morgan fingerprint density at radius 3 is 2.21 bits per heavy atom. The molecule has 1 amide bonds. The van der Waals surface area contributed by atoms with Crippen LogP contribution in [0.5, 0.6) is 5.75 Å². The lowest BCUT2D eigenvalue weighted by molar-refractivity contribution is 0.0283. The van der Waals surface area contributed by atoms with Crippen molar-refractivity contribution in [2.75, 3.05) is 32.8 Å². The van der Waals surface area contributed by atoms with Crippen LogP contribution in [0.25, 0.3) is 0 Å². The molecule has 0 aliphatic carbocycles. The molecule has 0 unspecified atom stereocenters. The molecule has 0 N–H and O–H groups in total. The van der Waals surface area contributed by atoms with E-state index in [0.29, 0.717) is 11.3 Å². The lowest BCUT2D eigenvalue weighted by atomic mass is 9.71. The monoisotopic (exact) mass is 493 g/mol. The summed E-state index contributed by atoms with van der Waals surface area (Å²) in [6.07, 6.45) is 8.07. The highest BCUT2D eigenvalue weighted by atomic mass is 35.5. The third-order valence-corrected chi connectivity index (χ3v) is 6.89. The first-order valence-corrected chi connectivity index (χ1v) is 11.7. The third-order valence-electron chi connectivity index (χ3n) is 6.89. The quantitative estimate of drug-likeness (QED) is 0.534. The Balaban J connectivity index is 0.00000193. The molecule has 5 nitrogen and oxygen atoms in total. The standard InChI is InChI=1S/C26H35N3O2.2ClH/c1-21(2)20-31-24-6-4-3-5-23(24)19-28-15-9-26(10-16-28)11-17-29(18-12-26)25(30)22-7-13-27-14-8-22;;/h3-8,13-14,21H,9-12,15-20H2,1-2H3;2*1H. The molecular formula is C26H37Cl2N3O2. The van der Waals surface area contributed by atoms with E-state index in [1.807, 2.05) is 17.0 Å². The summed E-state index contributed by atoms with van der Waals surface area (Å²) in [5, 5.41) is 0. The molecule has 0 saturated carbocycles. The number of hydrogen-bond acceptors (Lipinski definition) is 4. The molecule has 4 rings (SSSR count). The number of rotatable bonds is 6. The maximum absolute atomic E-state index is 12.7. The molecule has 1 aromatic heterocycles. The van der Waals surface area contributed by atoms with Crippen molar-refractivity contribution in [3.05, 3.63) is 59.9 Å². The number of para-hydroxylation sites is 1. The topological polar surface area (TPSA) is 45.7 Å². The molecule has 0 bridgehead atoms. The van der Waals surface area contributed by atoms with E-state index in [1.54, 1.807) is 12.4 Å². The Labute approximate surface area is 210 Å². The zero-order valence-electron chi connectivity index (χ0n) is 19.7. The molecule has 0 atom stereocenters. The summed E-state index contributed by atoms with van der Waals surface area (Å²) in [5.41, 5.74) is 2.44. The second-order valence-electron chi connectivity index (χ2n) is 9.62. The van der Waals surface area contributed by atoms with Crippen LogP contribution >= 0.6 is 24.8 Å². The minimum absolute atomic E-state index is 0. The summed E-state index contributed by atoms with van der Waals surface area (Å²) in [6, 6.07) is 12.1. The number of hydrogen-bond donors (Lipinski definition) is 0. The highest BCUT2D eigenvalue weighted by molar-refractivity contribution is 5.94. The number of carbonyl (C=O) groups excluding carboxylic acids is 1. The highest BCUT2D eigenvalue weighted by Crippen LogP contribution is 2.42. The molecule has 33 heavy (non-hydrogen) atoms. The molecule has 1 aromatic carbocycles. The Morgan fingerprint density at radius 1 is 0.970 bits per heavy atom. The Kier molecular flexibility index (Phi) is 10.5. The van der Waals surface area contributed by atoms with Crippen molar-refractivity contribution >= 4 is 30.7 Å². The maximum Gasteiger partial charge on any atom is 0.253 e. The van der Waals surface area contributed by atoms with E-state index in [1.165, 1.54) is 18.4 Å². The second kappa shape index (κ2) is 12.6. The molecule has 0 radical (unpaired) electrons. The van der Waals surface area contributed by atoms with Gasteiger partial charge in [-0.15, -0.1) is 24.8 Å². The van der Waals surface area contributed by atoms with Gasteiger partial charge in [0.05, 0.1) is 6.61 Å². The molecule has 3 heterocycles. The van der Waals surface area contributed by atoms with Crippen LogP contribution in [0.3, 0.4) is 0 Å². The van der Waals surface area contributed by atoms with Gasteiger partial charge < -0.3 is 9.64 Å². The zero-order chi connectivity index (χ0) is 21.7. The predicted octanol–water partition coefficient (Wildman–Crippen LogP) is 5.48. The van der Waals surface area contributed by atoms with Crippen LogP contribution in [0.15, 0.2) is 48.8 Å². The number of aromatic nitrogens is 1. The number of nitrogens with zero attached hydrogens (tertiary/aromatic N) is 3. The SMILES string of the molecule is CC(C)COc1ccccc1CN1CCC2(CC1)CCN(C(=O)c1ccncc1)CC2.Cl.Cl. The minimum Gasteiger partial charge on any atom is -0.493 e. The third kappa shape index (κ3) is 7.08. The van der Waals surface area contributed by atoms with Crippen molar-refractivity contribution in [2.24, 2.45) is 11.3 Å². The number of likely N-dealkylation sites (tertiary alicyclic amines) is 2. The summed E-state index contributed by atoms with van der Waals surface area (Å²) in [7, 11) is 0. The first-order chi connectivity index (χ1) is 15.0. The van der Waals surface area contributed by atoms with Crippen LogP contribution in [0.4, 0.5) is 0 Å². The number of pyridine rings is 1. The smallest absolute Gasteiger partial charge is 0.253 e. The number of piperidine rings is 2. The van der Waals surface area contributed by atoms with Gasteiger partial charge in [-0.1, -0.05) is 32.0 Å². The van der Waals surface area contributed by atoms with Crippen LogP contribution in [-0.2, 0) is 6.54 Å². The van der Waals surface area contributed by atoms with Gasteiger partial charge in [-0.3, -0.25) is 14.7 Å². The second-order valence-corrected chi connectivity index (χ2v) is 9.62. The van der Waals surface area contributed by atoms with Gasteiger partial charge in [-0.2, -0.15) is 0 Å². The van der Waals surface area contributed by atoms with Crippen molar-refractivity contribution in [3.63, 3.8) is 0 Å². The Morgan fingerprint density at radius 2 is 1.58 bits per heavy atom. The van der Waals surface area contributed by atoms with Crippen LogP contribution in [-0.4, -0.2) is 53.5 Å². The first-order valence-electron chi connectivity index (χ1n) is 11.7. The average Bonchev–Trinajstić information content (AvgIpc) is 2.81. The van der Waals surface area contributed by atoms with E-state index >= 15 is 0 Å². The molecule has 2 aliphatic rings. The predicted molar refractivity (Wildman–Crippen MR) is 138 cm³/mol. The van der Waals surface area contributed by atoms with Crippen molar-refractivity contribution in [3.8, 4) is 5.75 Å². The fourth-order valence-corrected chi connectivity index (χ4v) is 4.82. The van der Waals surface area contributed by atoms with Crippen molar-refractivity contribution in [1.29, 1.82) is 0 Å². The van der Waals surface area contributed by atoms with Gasteiger partial charge >= 0.3 is 0 Å². The molecule has 2 aromatic rings. The van der Waals surface area contributed by atoms with Crippen molar-refractivity contribution in [2.45, 2.75) is 46.1 Å². The molecule has 2 aliphatic heterocycles. The van der Waals surface area contributed by atoms with E-state index in [4.69, 9.17) is 4.74 Å². The fraction of sp³-hybridized carbons (Fsp3) is 0.538. The largest absolute Gasteiger partial charge is 0.493 e. The van der Waals surface area contributed by atoms with Gasteiger partial charge in [0, 0.05) is 43.2 Å². The van der Waals surface area contributed by atoms with Crippen molar-refractivity contribution < 1.29 is 9.53 Å². The molecule has 182 valence electrons. The van der Waals surface area contributed by atoms with E-state index in [2.05, 4.69) is 48.0 Å². The number of carbonyl (C=O) groups is 1. The number of benzene rings is 1. The normalized spacial score (nSPS) is 17.8. The summed E-state index contributed by atoms with van der Waals surface area (Å²) < 4.78 is 6.05. The summed E-state index contributed by atoms with van der Waals surface area (Å²) in [6.45, 7) is 10.1. The molecule has 2 fully saturated rings. The summed E-state index contributed by atoms with van der Waals surface area (Å²) in [4.78, 5) is 21.3. The molecule has 1 spiro atoms. The van der Waals surface area contributed by atoms with E-state index < -0.39 is 0 Å². The molecular weight excluding hydrogens is 457 g/mol. The molecule has 7 heteroatoms. The number of amides is 1. The van der Waals surface area contributed by atoms with Gasteiger partial charge in [0.25, 0.3) is 5.91 Å². The van der Waals surface area contributed by atoms with Crippen LogP contribution in [0.1, 0.15) is 55.5 Å². The van der Waals surface area contributed by atoms with Crippen LogP contribution in [0.2, 0.25) is 0 Å². The molecule has 2 saturated heterocycles. The summed E-state index contributed by atoms with van der Waals surface area (Å²) in [5.74, 6) is 1.70. The Bertz CT molecular complexity index is 861. The van der Waals surface area contributed by atoms with Crippen LogP contribution in [0, 0.1) is 11.3 Å². The fourth-order valence-electron chi connectivity index (χ4n) is 4.82. The Hall–Kier alpha value is -1.82. The van der Waals surface area contributed by atoms with Crippen LogP contribution < -0.4 is 4.74 Å². The van der Waals surface area contributed by atoms with E-state index in [9.17, 15) is 4.79 Å².